The van der Waals surface area contributed by atoms with Crippen molar-refractivity contribution in [3.63, 3.8) is 0 Å². The third-order valence-corrected chi connectivity index (χ3v) is 2.31. The number of rotatable bonds is 3. The van der Waals surface area contributed by atoms with E-state index in [-0.39, 0.29) is 6.04 Å². The second kappa shape index (κ2) is 4.36. The molecule has 0 aromatic carbocycles. The molecule has 0 aliphatic heterocycles. The van der Waals surface area contributed by atoms with Crippen LogP contribution in [0.5, 0.6) is 0 Å². The van der Waals surface area contributed by atoms with Crippen LogP contribution in [0.15, 0.2) is 18.3 Å². The largest absolute Gasteiger partial charge is 0.324 e. The average Bonchev–Trinajstić information content (AvgIpc) is 2.65. The summed E-state index contributed by atoms with van der Waals surface area (Å²) in [6.45, 7) is 1.94. The average molecular weight is 218 g/mol. The molecule has 0 spiro atoms. The topological polar surface area (TPSA) is 82.5 Å². The Bertz CT molecular complexity index is 460. The van der Waals surface area contributed by atoms with Gasteiger partial charge in [-0.1, -0.05) is 6.07 Å². The zero-order valence-electron chi connectivity index (χ0n) is 9.33. The fourth-order valence-electron chi connectivity index (χ4n) is 1.42. The minimum Gasteiger partial charge on any atom is -0.324 e. The lowest BCUT2D eigenvalue weighted by molar-refractivity contribution is 0.622. The van der Waals surface area contributed by atoms with Crippen LogP contribution in [0.25, 0.3) is 0 Å². The highest BCUT2D eigenvalue weighted by Crippen LogP contribution is 2.12. The Morgan fingerprint density at radius 1 is 1.44 bits per heavy atom. The number of nitrogens with two attached hydrogens (primary N) is 1. The van der Waals surface area contributed by atoms with Crippen LogP contribution in [0, 0.1) is 6.92 Å². The summed E-state index contributed by atoms with van der Waals surface area (Å²) in [7, 11) is 1.73. The summed E-state index contributed by atoms with van der Waals surface area (Å²) < 4.78 is 0. The van der Waals surface area contributed by atoms with Crippen LogP contribution in [0.1, 0.15) is 23.1 Å². The second-order valence-corrected chi connectivity index (χ2v) is 3.74. The molecule has 0 saturated carbocycles. The van der Waals surface area contributed by atoms with E-state index in [0.717, 1.165) is 11.3 Å². The van der Waals surface area contributed by atoms with E-state index in [1.807, 2.05) is 19.1 Å². The molecule has 0 aliphatic carbocycles. The molecular formula is C10H14N6. The summed E-state index contributed by atoms with van der Waals surface area (Å²) in [5.74, 6) is 0.649. The molecule has 0 amide bonds. The lowest BCUT2D eigenvalue weighted by Gasteiger charge is -2.08. The lowest BCUT2D eigenvalue weighted by atomic mass is 10.1. The molecule has 16 heavy (non-hydrogen) atoms. The highest BCUT2D eigenvalue weighted by atomic mass is 15.6. The first-order chi connectivity index (χ1) is 7.65. The highest BCUT2D eigenvalue weighted by molar-refractivity contribution is 5.17. The van der Waals surface area contributed by atoms with Crippen molar-refractivity contribution in [1.29, 1.82) is 0 Å². The zero-order valence-corrected chi connectivity index (χ0v) is 9.33. The molecule has 6 nitrogen and oxygen atoms in total. The van der Waals surface area contributed by atoms with Gasteiger partial charge in [-0.15, -0.1) is 10.2 Å². The van der Waals surface area contributed by atoms with Gasteiger partial charge in [0.1, 0.15) is 0 Å². The van der Waals surface area contributed by atoms with E-state index in [0.29, 0.717) is 12.2 Å². The van der Waals surface area contributed by atoms with Gasteiger partial charge >= 0.3 is 0 Å². The number of pyridine rings is 1. The van der Waals surface area contributed by atoms with Crippen molar-refractivity contribution in [2.45, 2.75) is 19.4 Å². The Kier molecular flexibility index (Phi) is 2.91. The van der Waals surface area contributed by atoms with Crippen molar-refractivity contribution >= 4 is 0 Å². The van der Waals surface area contributed by atoms with Crippen LogP contribution in [0.2, 0.25) is 0 Å². The summed E-state index contributed by atoms with van der Waals surface area (Å²) in [5, 5.41) is 11.7. The molecule has 84 valence electrons. The van der Waals surface area contributed by atoms with Crippen molar-refractivity contribution in [2.24, 2.45) is 12.8 Å². The first-order valence-corrected chi connectivity index (χ1v) is 5.06. The van der Waals surface area contributed by atoms with Crippen LogP contribution in [0.3, 0.4) is 0 Å². The fourth-order valence-corrected chi connectivity index (χ4v) is 1.42. The van der Waals surface area contributed by atoms with E-state index >= 15 is 0 Å². The third kappa shape index (κ3) is 2.40. The number of nitrogens with zero attached hydrogens (tertiary/aromatic N) is 5. The quantitative estimate of drug-likeness (QED) is 0.793. The maximum Gasteiger partial charge on any atom is 0.176 e. The van der Waals surface area contributed by atoms with E-state index in [2.05, 4.69) is 20.4 Å². The Morgan fingerprint density at radius 2 is 2.25 bits per heavy atom. The molecule has 2 rings (SSSR count). The predicted octanol–water partition coefficient (Wildman–Crippen LogP) is 0.156. The van der Waals surface area contributed by atoms with E-state index in [4.69, 9.17) is 5.73 Å². The molecule has 2 heterocycles. The number of aromatic nitrogens is 5. The standard InChI is InChI=1S/C10H14N6/c1-7-3-4-8(6-12-7)9(11)5-10-13-15-16(2)14-10/h3-4,6,9H,5,11H2,1-2H3. The number of tetrazole rings is 1. The fraction of sp³-hybridized carbons (Fsp3) is 0.400. The Morgan fingerprint density at radius 3 is 2.81 bits per heavy atom. The van der Waals surface area contributed by atoms with Gasteiger partial charge in [-0.25, -0.2) is 0 Å². The van der Waals surface area contributed by atoms with Crippen LogP contribution in [0.4, 0.5) is 0 Å². The minimum atomic E-state index is -0.141. The third-order valence-electron chi connectivity index (χ3n) is 2.31. The molecule has 0 radical (unpaired) electrons. The van der Waals surface area contributed by atoms with Crippen LogP contribution in [-0.2, 0) is 13.5 Å². The summed E-state index contributed by atoms with van der Waals surface area (Å²) in [5.41, 5.74) is 7.99. The maximum absolute atomic E-state index is 6.03. The molecule has 0 fully saturated rings. The van der Waals surface area contributed by atoms with Gasteiger partial charge in [-0.3, -0.25) is 4.98 Å². The predicted molar refractivity (Wildman–Crippen MR) is 58.4 cm³/mol. The van der Waals surface area contributed by atoms with Gasteiger partial charge in [0.25, 0.3) is 0 Å². The van der Waals surface area contributed by atoms with Crippen molar-refractivity contribution < 1.29 is 0 Å². The van der Waals surface area contributed by atoms with Crippen LogP contribution < -0.4 is 5.73 Å². The molecule has 2 N–H and O–H groups in total. The molecule has 1 atom stereocenters. The first kappa shape index (κ1) is 10.7. The first-order valence-electron chi connectivity index (χ1n) is 5.06. The Labute approximate surface area is 93.5 Å². The van der Waals surface area contributed by atoms with Crippen molar-refractivity contribution in [3.8, 4) is 0 Å². The highest BCUT2D eigenvalue weighted by Gasteiger charge is 2.10. The van der Waals surface area contributed by atoms with Crippen molar-refractivity contribution in [2.75, 3.05) is 0 Å². The van der Waals surface area contributed by atoms with Gasteiger partial charge in [0.15, 0.2) is 5.82 Å². The monoisotopic (exact) mass is 218 g/mol. The summed E-state index contributed by atoms with van der Waals surface area (Å²) >= 11 is 0. The van der Waals surface area contributed by atoms with Crippen LogP contribution >= 0.6 is 0 Å². The normalized spacial score (nSPS) is 12.7. The van der Waals surface area contributed by atoms with Gasteiger partial charge in [0, 0.05) is 24.4 Å². The number of hydrogen-bond acceptors (Lipinski definition) is 5. The maximum atomic E-state index is 6.03. The summed E-state index contributed by atoms with van der Waals surface area (Å²) in [6, 6.07) is 3.78. The zero-order chi connectivity index (χ0) is 11.5. The van der Waals surface area contributed by atoms with Gasteiger partial charge in [-0.2, -0.15) is 4.80 Å². The van der Waals surface area contributed by atoms with Gasteiger partial charge in [0.05, 0.1) is 7.05 Å². The SMILES string of the molecule is Cc1ccc(C(N)Cc2nnn(C)n2)cn1. The second-order valence-electron chi connectivity index (χ2n) is 3.74. The molecule has 0 bridgehead atoms. The molecular weight excluding hydrogens is 204 g/mol. The Balaban J connectivity index is 2.08. The van der Waals surface area contributed by atoms with E-state index < -0.39 is 0 Å². The van der Waals surface area contributed by atoms with Gasteiger partial charge < -0.3 is 5.73 Å². The summed E-state index contributed by atoms with van der Waals surface area (Å²) in [4.78, 5) is 5.63. The molecule has 0 aliphatic rings. The number of hydrogen-bond donors (Lipinski definition) is 1. The van der Waals surface area contributed by atoms with Gasteiger partial charge in [-0.05, 0) is 23.8 Å². The molecule has 6 heteroatoms. The van der Waals surface area contributed by atoms with Gasteiger partial charge in [0.2, 0.25) is 0 Å². The Hall–Kier alpha value is -1.82. The van der Waals surface area contributed by atoms with Crippen LogP contribution in [-0.4, -0.2) is 25.2 Å². The lowest BCUT2D eigenvalue weighted by Crippen LogP contribution is -2.14. The van der Waals surface area contributed by atoms with E-state index in [1.165, 1.54) is 4.80 Å². The van der Waals surface area contributed by atoms with E-state index in [9.17, 15) is 0 Å². The molecule has 2 aromatic heterocycles. The van der Waals surface area contributed by atoms with Crippen molar-refractivity contribution in [3.05, 3.63) is 35.4 Å². The smallest absolute Gasteiger partial charge is 0.176 e. The molecule has 1 unspecified atom stereocenters. The van der Waals surface area contributed by atoms with Crippen molar-refractivity contribution in [1.82, 2.24) is 25.2 Å². The number of aryl methyl sites for hydroxylation is 2. The molecule has 2 aromatic rings. The van der Waals surface area contributed by atoms with E-state index in [1.54, 1.807) is 13.2 Å². The molecule has 0 saturated heterocycles. The summed E-state index contributed by atoms with van der Waals surface area (Å²) in [6.07, 6.45) is 2.36. The minimum absolute atomic E-state index is 0.141.